The van der Waals surface area contributed by atoms with E-state index < -0.39 is 0 Å². The molecule has 0 spiro atoms. The number of benzene rings is 1. The third-order valence-corrected chi connectivity index (χ3v) is 2.80. The zero-order valence-corrected chi connectivity index (χ0v) is 10.9. The average molecular weight is 340 g/mol. The van der Waals surface area contributed by atoms with Gasteiger partial charge in [0.25, 0.3) is 5.91 Å². The molecule has 17 heavy (non-hydrogen) atoms. The smallest absolute Gasteiger partial charge is 0.257 e. The molecule has 1 heterocycles. The highest BCUT2D eigenvalue weighted by Crippen LogP contribution is 2.13. The summed E-state index contributed by atoms with van der Waals surface area (Å²) >= 11 is 2.17. The molecule has 4 nitrogen and oxygen atoms in total. The Bertz CT molecular complexity index is 587. The second-order valence-electron chi connectivity index (χ2n) is 3.41. The van der Waals surface area contributed by atoms with Crippen LogP contribution in [0.3, 0.4) is 0 Å². The summed E-state index contributed by atoms with van der Waals surface area (Å²) in [6.45, 7) is 0. The summed E-state index contributed by atoms with van der Waals surface area (Å²) in [6, 6.07) is 10.3. The zero-order chi connectivity index (χ0) is 12.3. The second-order valence-corrected chi connectivity index (χ2v) is 4.65. The Morgan fingerprint density at radius 1 is 1.24 bits per heavy atom. The van der Waals surface area contributed by atoms with Gasteiger partial charge in [0.2, 0.25) is 5.56 Å². The lowest BCUT2D eigenvalue weighted by atomic mass is 10.2. The number of pyridine rings is 1. The Kier molecular flexibility index (Phi) is 3.58. The summed E-state index contributed by atoms with van der Waals surface area (Å²) in [6.07, 6.45) is 1.39. The van der Waals surface area contributed by atoms with E-state index in [4.69, 9.17) is 0 Å². The first-order chi connectivity index (χ1) is 8.15. The summed E-state index contributed by atoms with van der Waals surface area (Å²) < 4.78 is 1.04. The number of halogens is 1. The summed E-state index contributed by atoms with van der Waals surface area (Å²) in [5.41, 5.74) is 0.923. The van der Waals surface area contributed by atoms with Gasteiger partial charge in [-0.3, -0.25) is 9.59 Å². The van der Waals surface area contributed by atoms with Gasteiger partial charge in [0, 0.05) is 21.5 Å². The molecule has 0 radical (unpaired) electrons. The number of carbonyl (C=O) groups excluding carboxylic acids is 1. The van der Waals surface area contributed by atoms with Gasteiger partial charge in [-0.05, 0) is 46.9 Å². The third-order valence-electron chi connectivity index (χ3n) is 2.13. The lowest BCUT2D eigenvalue weighted by molar-refractivity contribution is 0.102. The molecule has 2 aromatic rings. The first-order valence-corrected chi connectivity index (χ1v) is 5.99. The largest absolute Gasteiger partial charge is 0.328 e. The fourth-order valence-corrected chi connectivity index (χ4v) is 1.86. The number of amides is 1. The van der Waals surface area contributed by atoms with Crippen LogP contribution in [0, 0.1) is 3.57 Å². The number of hydrogen-bond acceptors (Lipinski definition) is 2. The molecule has 0 atom stereocenters. The molecular weight excluding hydrogens is 331 g/mol. The van der Waals surface area contributed by atoms with Gasteiger partial charge in [-0.15, -0.1) is 0 Å². The summed E-state index contributed by atoms with van der Waals surface area (Å²) in [5, 5.41) is 2.75. The van der Waals surface area contributed by atoms with Crippen molar-refractivity contribution < 1.29 is 4.79 Å². The second kappa shape index (κ2) is 5.13. The van der Waals surface area contributed by atoms with Gasteiger partial charge in [0.15, 0.2) is 0 Å². The highest BCUT2D eigenvalue weighted by molar-refractivity contribution is 14.1. The van der Waals surface area contributed by atoms with E-state index in [0.717, 1.165) is 9.26 Å². The van der Waals surface area contributed by atoms with Crippen LogP contribution in [0.4, 0.5) is 5.69 Å². The van der Waals surface area contributed by atoms with E-state index in [1.807, 2.05) is 24.3 Å². The average Bonchev–Trinajstić information content (AvgIpc) is 2.29. The van der Waals surface area contributed by atoms with E-state index in [-0.39, 0.29) is 11.5 Å². The van der Waals surface area contributed by atoms with Gasteiger partial charge >= 0.3 is 0 Å². The molecule has 1 amide bonds. The van der Waals surface area contributed by atoms with E-state index in [1.54, 1.807) is 0 Å². The fraction of sp³-hybridized carbons (Fsp3) is 0. The maximum atomic E-state index is 11.8. The summed E-state index contributed by atoms with van der Waals surface area (Å²) in [7, 11) is 0. The van der Waals surface area contributed by atoms with Crippen LogP contribution >= 0.6 is 22.6 Å². The predicted molar refractivity (Wildman–Crippen MR) is 74.2 cm³/mol. The SMILES string of the molecule is O=C(Nc1cccc(I)c1)c1ccc(=O)[nH]c1. The van der Waals surface area contributed by atoms with Crippen molar-refractivity contribution >= 4 is 34.2 Å². The summed E-state index contributed by atoms with van der Waals surface area (Å²) in [5.74, 6) is -0.247. The first kappa shape index (κ1) is 11.8. The normalized spacial score (nSPS) is 9.94. The van der Waals surface area contributed by atoms with Gasteiger partial charge in [0.05, 0.1) is 5.56 Å². The van der Waals surface area contributed by atoms with Gasteiger partial charge in [-0.25, -0.2) is 0 Å². The van der Waals surface area contributed by atoms with E-state index in [1.165, 1.54) is 18.3 Å². The molecule has 1 aromatic carbocycles. The van der Waals surface area contributed by atoms with Crippen molar-refractivity contribution in [3.63, 3.8) is 0 Å². The molecule has 86 valence electrons. The number of rotatable bonds is 2. The Hall–Kier alpha value is -1.63. The lowest BCUT2D eigenvalue weighted by Crippen LogP contribution is -2.14. The minimum atomic E-state index is -0.247. The van der Waals surface area contributed by atoms with Gasteiger partial charge in [-0.1, -0.05) is 6.07 Å². The quantitative estimate of drug-likeness (QED) is 0.824. The predicted octanol–water partition coefficient (Wildman–Crippen LogP) is 2.23. The Morgan fingerprint density at radius 3 is 2.71 bits per heavy atom. The lowest BCUT2D eigenvalue weighted by Gasteiger charge is -2.04. The molecule has 0 saturated carbocycles. The molecule has 2 rings (SSSR count). The minimum Gasteiger partial charge on any atom is -0.328 e. The van der Waals surface area contributed by atoms with Crippen LogP contribution < -0.4 is 10.9 Å². The molecule has 0 saturated heterocycles. The highest BCUT2D eigenvalue weighted by atomic mass is 127. The van der Waals surface area contributed by atoms with Crippen molar-refractivity contribution in [2.24, 2.45) is 0 Å². The van der Waals surface area contributed by atoms with Crippen molar-refractivity contribution in [2.45, 2.75) is 0 Å². The standard InChI is InChI=1S/C12H9IN2O2/c13-9-2-1-3-10(6-9)15-12(17)8-4-5-11(16)14-7-8/h1-7H,(H,14,16)(H,15,17). The number of anilines is 1. The molecule has 0 fully saturated rings. The monoisotopic (exact) mass is 340 g/mol. The van der Waals surface area contributed by atoms with Crippen molar-refractivity contribution in [1.82, 2.24) is 4.98 Å². The molecular formula is C12H9IN2O2. The number of H-pyrrole nitrogens is 1. The molecule has 5 heteroatoms. The summed E-state index contributed by atoms with van der Waals surface area (Å²) in [4.78, 5) is 25.1. The van der Waals surface area contributed by atoms with Crippen molar-refractivity contribution in [3.8, 4) is 0 Å². The van der Waals surface area contributed by atoms with Crippen LogP contribution in [-0.2, 0) is 0 Å². The number of hydrogen-bond donors (Lipinski definition) is 2. The van der Waals surface area contributed by atoms with Gasteiger partial charge in [-0.2, -0.15) is 0 Å². The van der Waals surface area contributed by atoms with E-state index in [9.17, 15) is 9.59 Å². The topological polar surface area (TPSA) is 62.0 Å². The van der Waals surface area contributed by atoms with Crippen molar-refractivity contribution in [3.05, 3.63) is 62.1 Å². The van der Waals surface area contributed by atoms with Crippen LogP contribution in [0.2, 0.25) is 0 Å². The molecule has 0 aliphatic rings. The number of nitrogens with one attached hydrogen (secondary N) is 2. The Morgan fingerprint density at radius 2 is 2.06 bits per heavy atom. The van der Waals surface area contributed by atoms with Gasteiger partial charge in [0.1, 0.15) is 0 Å². The molecule has 1 aromatic heterocycles. The van der Waals surface area contributed by atoms with Crippen molar-refractivity contribution in [1.29, 1.82) is 0 Å². The van der Waals surface area contributed by atoms with Crippen LogP contribution in [-0.4, -0.2) is 10.9 Å². The Labute approximate surface area is 111 Å². The molecule has 0 unspecified atom stereocenters. The maximum Gasteiger partial charge on any atom is 0.257 e. The van der Waals surface area contributed by atoms with E-state index in [0.29, 0.717) is 5.56 Å². The molecule has 0 aliphatic carbocycles. The number of aromatic nitrogens is 1. The van der Waals surface area contributed by atoms with Crippen LogP contribution in [0.15, 0.2) is 47.4 Å². The number of carbonyl (C=O) groups is 1. The maximum absolute atomic E-state index is 11.8. The third kappa shape index (κ3) is 3.16. The van der Waals surface area contributed by atoms with E-state index >= 15 is 0 Å². The molecule has 0 bridgehead atoms. The first-order valence-electron chi connectivity index (χ1n) is 4.91. The van der Waals surface area contributed by atoms with Gasteiger partial charge < -0.3 is 10.3 Å². The van der Waals surface area contributed by atoms with E-state index in [2.05, 4.69) is 32.9 Å². The molecule has 2 N–H and O–H groups in total. The zero-order valence-electron chi connectivity index (χ0n) is 8.74. The van der Waals surface area contributed by atoms with Crippen LogP contribution in [0.5, 0.6) is 0 Å². The fourth-order valence-electron chi connectivity index (χ4n) is 1.32. The Balaban J connectivity index is 2.17. The van der Waals surface area contributed by atoms with Crippen molar-refractivity contribution in [2.75, 3.05) is 5.32 Å². The minimum absolute atomic E-state index is 0.226. The van der Waals surface area contributed by atoms with Crippen LogP contribution in [0.25, 0.3) is 0 Å². The van der Waals surface area contributed by atoms with Crippen LogP contribution in [0.1, 0.15) is 10.4 Å². The molecule has 0 aliphatic heterocycles. The highest BCUT2D eigenvalue weighted by Gasteiger charge is 2.05. The number of aromatic amines is 1.